The number of hydrogen-bond donors (Lipinski definition) is 1. The Morgan fingerprint density at radius 2 is 1.92 bits per heavy atom. The number of anilines is 1. The van der Waals surface area contributed by atoms with Gasteiger partial charge in [0.25, 0.3) is 0 Å². The summed E-state index contributed by atoms with van der Waals surface area (Å²) in [5.74, 6) is 1.04. The predicted octanol–water partition coefficient (Wildman–Crippen LogP) is 2.35. The lowest BCUT2D eigenvalue weighted by molar-refractivity contribution is -0.115. The van der Waals surface area contributed by atoms with Crippen LogP contribution in [-0.2, 0) is 21.1 Å². The van der Waals surface area contributed by atoms with E-state index < -0.39 is 9.84 Å². The molecule has 0 aliphatic carbocycles. The highest BCUT2D eigenvalue weighted by molar-refractivity contribution is 7.94. The van der Waals surface area contributed by atoms with Crippen molar-refractivity contribution < 1.29 is 22.7 Å². The van der Waals surface area contributed by atoms with Crippen molar-refractivity contribution >= 4 is 27.5 Å². The lowest BCUT2D eigenvalue weighted by atomic mass is 10.1. The Labute approximate surface area is 138 Å². The molecule has 0 atom stereocenters. The van der Waals surface area contributed by atoms with E-state index in [0.717, 1.165) is 11.0 Å². The third-order valence-corrected chi connectivity index (χ3v) is 5.29. The van der Waals surface area contributed by atoms with E-state index in [9.17, 15) is 13.2 Å². The van der Waals surface area contributed by atoms with Gasteiger partial charge in [-0.25, -0.2) is 8.42 Å². The third kappa shape index (κ3) is 2.63. The minimum atomic E-state index is -3.39. The Hall–Kier alpha value is -2.80. The summed E-state index contributed by atoms with van der Waals surface area (Å²) in [5, 5.41) is 3.88. The fourth-order valence-corrected chi connectivity index (χ4v) is 3.90. The van der Waals surface area contributed by atoms with Gasteiger partial charge in [-0.3, -0.25) is 4.79 Å². The normalized spacial score (nSPS) is 16.0. The number of amides is 1. The number of carbonyl (C=O) groups is 1. The van der Waals surface area contributed by atoms with Gasteiger partial charge in [0.05, 0.1) is 11.3 Å². The zero-order valence-corrected chi connectivity index (χ0v) is 13.3. The van der Waals surface area contributed by atoms with Gasteiger partial charge in [0.2, 0.25) is 22.5 Å². The molecule has 0 saturated heterocycles. The fraction of sp³-hybridized carbons (Fsp3) is 0.118. The van der Waals surface area contributed by atoms with Crippen molar-refractivity contribution in [1.29, 1.82) is 0 Å². The molecule has 4 rings (SSSR count). The summed E-state index contributed by atoms with van der Waals surface area (Å²) in [6.07, 6.45) is 1.70. The maximum atomic E-state index is 12.2. The molecule has 2 aliphatic rings. The van der Waals surface area contributed by atoms with Crippen LogP contribution in [0, 0.1) is 0 Å². The first-order valence-corrected chi connectivity index (χ1v) is 8.81. The summed E-state index contributed by atoms with van der Waals surface area (Å²) < 4.78 is 34.2. The quantitative estimate of drug-likeness (QED) is 0.925. The highest BCUT2D eigenvalue weighted by Gasteiger charge is 2.21. The Morgan fingerprint density at radius 1 is 1.08 bits per heavy atom. The molecule has 2 aromatic carbocycles. The molecule has 0 radical (unpaired) electrons. The molecule has 0 saturated carbocycles. The first-order valence-electron chi connectivity index (χ1n) is 7.27. The number of benzene rings is 2. The van der Waals surface area contributed by atoms with Crippen molar-refractivity contribution in [3.05, 3.63) is 52.9 Å². The SMILES string of the molecule is O=C(Cc1ccc2c(c1)OCO2)Nc1ccc2c(c1)S(=O)(=O)C=C2. The van der Waals surface area contributed by atoms with E-state index in [1.165, 1.54) is 6.07 Å². The summed E-state index contributed by atoms with van der Waals surface area (Å²) >= 11 is 0. The summed E-state index contributed by atoms with van der Waals surface area (Å²) in [4.78, 5) is 12.4. The van der Waals surface area contributed by atoms with Crippen LogP contribution in [0.2, 0.25) is 0 Å². The van der Waals surface area contributed by atoms with Crippen molar-refractivity contribution in [1.82, 2.24) is 0 Å². The van der Waals surface area contributed by atoms with E-state index in [1.54, 1.807) is 36.4 Å². The second-order valence-electron chi connectivity index (χ2n) is 5.51. The second kappa shape index (κ2) is 5.38. The zero-order chi connectivity index (χ0) is 16.7. The van der Waals surface area contributed by atoms with Gasteiger partial charge in [-0.2, -0.15) is 0 Å². The van der Waals surface area contributed by atoms with Crippen LogP contribution < -0.4 is 14.8 Å². The topological polar surface area (TPSA) is 81.7 Å². The van der Waals surface area contributed by atoms with Crippen molar-refractivity contribution in [2.45, 2.75) is 11.3 Å². The van der Waals surface area contributed by atoms with E-state index >= 15 is 0 Å². The van der Waals surface area contributed by atoms with Crippen LogP contribution in [0.4, 0.5) is 5.69 Å². The molecule has 7 heteroatoms. The molecule has 2 heterocycles. The van der Waals surface area contributed by atoms with Crippen LogP contribution in [0.15, 0.2) is 46.7 Å². The van der Waals surface area contributed by atoms with Crippen LogP contribution in [0.1, 0.15) is 11.1 Å². The predicted molar refractivity (Wildman–Crippen MR) is 87.6 cm³/mol. The lowest BCUT2D eigenvalue weighted by Gasteiger charge is -2.08. The highest BCUT2D eigenvalue weighted by atomic mass is 32.2. The minimum Gasteiger partial charge on any atom is -0.454 e. The number of hydrogen-bond acceptors (Lipinski definition) is 5. The monoisotopic (exact) mass is 343 g/mol. The molecule has 0 aromatic heterocycles. The molecule has 0 spiro atoms. The van der Waals surface area contributed by atoms with Crippen molar-refractivity contribution in [2.24, 2.45) is 0 Å². The van der Waals surface area contributed by atoms with Gasteiger partial charge in [-0.15, -0.1) is 0 Å². The molecular formula is C17H13NO5S. The number of ether oxygens (including phenoxy) is 2. The Morgan fingerprint density at radius 3 is 2.79 bits per heavy atom. The molecule has 1 N–H and O–H groups in total. The number of rotatable bonds is 3. The van der Waals surface area contributed by atoms with Gasteiger partial charge in [0.1, 0.15) is 0 Å². The maximum Gasteiger partial charge on any atom is 0.231 e. The van der Waals surface area contributed by atoms with Crippen LogP contribution in [-0.4, -0.2) is 21.1 Å². The van der Waals surface area contributed by atoms with Gasteiger partial charge < -0.3 is 14.8 Å². The molecule has 0 unspecified atom stereocenters. The van der Waals surface area contributed by atoms with E-state index in [4.69, 9.17) is 9.47 Å². The Bertz CT molecular complexity index is 978. The number of fused-ring (bicyclic) bond motifs is 2. The van der Waals surface area contributed by atoms with Crippen molar-refractivity contribution in [3.8, 4) is 11.5 Å². The summed E-state index contributed by atoms with van der Waals surface area (Å²) in [6.45, 7) is 0.183. The molecule has 0 fully saturated rings. The number of sulfone groups is 1. The number of carbonyl (C=O) groups excluding carboxylic acids is 1. The fourth-order valence-electron chi connectivity index (χ4n) is 2.67. The lowest BCUT2D eigenvalue weighted by Crippen LogP contribution is -2.14. The standard InChI is InChI=1S/C17H13NO5S/c19-17(8-11-1-4-14-15(7-11)23-10-22-14)18-13-3-2-12-5-6-24(20,21)16(12)9-13/h1-7,9H,8,10H2,(H,18,19). The highest BCUT2D eigenvalue weighted by Crippen LogP contribution is 2.33. The molecular weight excluding hydrogens is 330 g/mol. The van der Waals surface area contributed by atoms with Crippen molar-refractivity contribution in [3.63, 3.8) is 0 Å². The van der Waals surface area contributed by atoms with Crippen LogP contribution in [0.3, 0.4) is 0 Å². The molecule has 1 amide bonds. The number of nitrogens with one attached hydrogen (secondary N) is 1. The summed E-state index contributed by atoms with van der Waals surface area (Å²) in [7, 11) is -3.39. The molecule has 2 aromatic rings. The van der Waals surface area contributed by atoms with Gasteiger partial charge in [-0.05, 0) is 41.5 Å². The van der Waals surface area contributed by atoms with Crippen LogP contribution in [0.25, 0.3) is 6.08 Å². The minimum absolute atomic E-state index is 0.152. The average Bonchev–Trinajstić information content (AvgIpc) is 3.12. The second-order valence-corrected chi connectivity index (χ2v) is 7.31. The third-order valence-electron chi connectivity index (χ3n) is 3.83. The average molecular weight is 343 g/mol. The Balaban J connectivity index is 1.49. The van der Waals surface area contributed by atoms with Gasteiger partial charge in [-0.1, -0.05) is 12.1 Å². The molecule has 2 aliphatic heterocycles. The summed E-state index contributed by atoms with van der Waals surface area (Å²) in [6, 6.07) is 10.2. The Kier molecular flexibility index (Phi) is 3.31. The molecule has 6 nitrogen and oxygen atoms in total. The molecule has 24 heavy (non-hydrogen) atoms. The van der Waals surface area contributed by atoms with Crippen LogP contribution >= 0.6 is 0 Å². The van der Waals surface area contributed by atoms with Gasteiger partial charge >= 0.3 is 0 Å². The van der Waals surface area contributed by atoms with Crippen molar-refractivity contribution in [2.75, 3.05) is 12.1 Å². The van der Waals surface area contributed by atoms with Gasteiger partial charge in [0.15, 0.2) is 11.5 Å². The first kappa shape index (κ1) is 14.8. The van der Waals surface area contributed by atoms with E-state index in [2.05, 4.69) is 5.32 Å². The molecule has 0 bridgehead atoms. The molecule has 122 valence electrons. The largest absolute Gasteiger partial charge is 0.454 e. The smallest absolute Gasteiger partial charge is 0.231 e. The van der Waals surface area contributed by atoms with E-state index in [-0.39, 0.29) is 24.0 Å². The zero-order valence-electron chi connectivity index (χ0n) is 12.5. The summed E-state index contributed by atoms with van der Waals surface area (Å²) in [5.41, 5.74) is 1.86. The van der Waals surface area contributed by atoms with E-state index in [0.29, 0.717) is 22.7 Å². The van der Waals surface area contributed by atoms with Crippen LogP contribution in [0.5, 0.6) is 11.5 Å². The van der Waals surface area contributed by atoms with Gasteiger partial charge in [0, 0.05) is 11.1 Å². The maximum absolute atomic E-state index is 12.2. The van der Waals surface area contributed by atoms with E-state index in [1.807, 2.05) is 0 Å². The first-order chi connectivity index (χ1) is 11.5.